The number of para-hydroxylation sites is 1. The molecule has 0 atom stereocenters. The minimum absolute atomic E-state index is 0.00513. The number of amides is 2. The van der Waals surface area contributed by atoms with Gasteiger partial charge < -0.3 is 14.8 Å². The third-order valence-electron chi connectivity index (χ3n) is 5.64. The number of fused-ring (bicyclic) bond motifs is 2. The maximum absolute atomic E-state index is 13.5. The van der Waals surface area contributed by atoms with Gasteiger partial charge in [-0.05, 0) is 12.1 Å². The van der Waals surface area contributed by atoms with E-state index in [-0.39, 0.29) is 31.1 Å². The van der Waals surface area contributed by atoms with Crippen molar-refractivity contribution in [2.75, 3.05) is 19.6 Å². The molecule has 4 heterocycles. The fraction of sp³-hybridized carbons (Fsp3) is 0.350. The van der Waals surface area contributed by atoms with Crippen LogP contribution in [0.1, 0.15) is 38.7 Å². The molecule has 2 amide bonds. The molecule has 0 unspecified atom stereocenters. The second-order valence-corrected chi connectivity index (χ2v) is 7.61. The standard InChI is InChI=1S/C20H19F2N5O2/c21-20(22)6-8-27(11-20)19(29)17-13-10-26(7-5-15(13)24-25-17)18(28)16-9-12-3-1-2-4-14(12)23-16/h1-4,9,23H,5-8,10-11H2,(H,24,25). The summed E-state index contributed by atoms with van der Waals surface area (Å²) in [7, 11) is 0. The smallest absolute Gasteiger partial charge is 0.274 e. The molecule has 29 heavy (non-hydrogen) atoms. The Hall–Kier alpha value is -3.23. The van der Waals surface area contributed by atoms with Crippen molar-refractivity contribution in [3.05, 3.63) is 53.0 Å². The summed E-state index contributed by atoms with van der Waals surface area (Å²) in [6, 6.07) is 9.43. The number of likely N-dealkylation sites (tertiary alicyclic amines) is 1. The maximum atomic E-state index is 13.5. The Morgan fingerprint density at radius 1 is 1.10 bits per heavy atom. The lowest BCUT2D eigenvalue weighted by Crippen LogP contribution is -2.37. The molecule has 2 aliphatic rings. The minimum atomic E-state index is -2.86. The van der Waals surface area contributed by atoms with Crippen LogP contribution in [0.2, 0.25) is 0 Å². The van der Waals surface area contributed by atoms with Crippen LogP contribution < -0.4 is 0 Å². The summed E-state index contributed by atoms with van der Waals surface area (Å²) in [5, 5.41) is 7.87. The van der Waals surface area contributed by atoms with Gasteiger partial charge in [-0.2, -0.15) is 5.10 Å². The molecule has 7 nitrogen and oxygen atoms in total. The number of nitrogens with zero attached hydrogens (tertiary/aromatic N) is 3. The fourth-order valence-electron chi connectivity index (χ4n) is 4.06. The van der Waals surface area contributed by atoms with Crippen LogP contribution in [0.5, 0.6) is 0 Å². The lowest BCUT2D eigenvalue weighted by molar-refractivity contribution is 0.0119. The number of alkyl halides is 2. The first kappa shape index (κ1) is 17.8. The molecule has 2 aliphatic heterocycles. The number of halogens is 2. The van der Waals surface area contributed by atoms with Gasteiger partial charge in [-0.3, -0.25) is 14.7 Å². The van der Waals surface area contributed by atoms with Crippen LogP contribution in [0.4, 0.5) is 8.78 Å². The van der Waals surface area contributed by atoms with E-state index in [1.807, 2.05) is 24.3 Å². The molecular weight excluding hydrogens is 380 g/mol. The highest BCUT2D eigenvalue weighted by molar-refractivity contribution is 5.98. The molecule has 9 heteroatoms. The predicted molar refractivity (Wildman–Crippen MR) is 101 cm³/mol. The summed E-state index contributed by atoms with van der Waals surface area (Å²) in [5.74, 6) is -3.54. The normalized spacial score (nSPS) is 18.3. The Morgan fingerprint density at radius 3 is 2.69 bits per heavy atom. The number of H-pyrrole nitrogens is 2. The quantitative estimate of drug-likeness (QED) is 0.695. The number of carbonyl (C=O) groups excluding carboxylic acids is 2. The summed E-state index contributed by atoms with van der Waals surface area (Å²) in [5.41, 5.74) is 2.88. The number of hydrogen-bond acceptors (Lipinski definition) is 3. The van der Waals surface area contributed by atoms with Gasteiger partial charge in [-0.15, -0.1) is 0 Å². The van der Waals surface area contributed by atoms with Crippen LogP contribution >= 0.6 is 0 Å². The van der Waals surface area contributed by atoms with Crippen molar-refractivity contribution >= 4 is 22.7 Å². The van der Waals surface area contributed by atoms with E-state index in [1.165, 1.54) is 0 Å². The van der Waals surface area contributed by atoms with Gasteiger partial charge in [0, 0.05) is 48.1 Å². The Bertz CT molecular complexity index is 1090. The summed E-state index contributed by atoms with van der Waals surface area (Å²) in [6.45, 7) is 0.112. The lowest BCUT2D eigenvalue weighted by Gasteiger charge is -2.27. The first-order valence-electron chi connectivity index (χ1n) is 9.51. The van der Waals surface area contributed by atoms with Crippen molar-refractivity contribution in [2.45, 2.75) is 25.3 Å². The topological polar surface area (TPSA) is 85.1 Å². The van der Waals surface area contributed by atoms with E-state index in [2.05, 4.69) is 15.2 Å². The van der Waals surface area contributed by atoms with Gasteiger partial charge in [-0.25, -0.2) is 8.78 Å². The average Bonchev–Trinajstić information content (AvgIpc) is 3.42. The number of benzene rings is 1. The number of carbonyl (C=O) groups is 2. The summed E-state index contributed by atoms with van der Waals surface area (Å²) < 4.78 is 27.0. The Kier molecular flexibility index (Phi) is 3.94. The monoisotopic (exact) mass is 399 g/mol. The van der Waals surface area contributed by atoms with Crippen molar-refractivity contribution in [3.63, 3.8) is 0 Å². The third kappa shape index (κ3) is 3.06. The van der Waals surface area contributed by atoms with Crippen LogP contribution in [-0.4, -0.2) is 62.4 Å². The maximum Gasteiger partial charge on any atom is 0.274 e. The summed E-state index contributed by atoms with van der Waals surface area (Å²) in [4.78, 5) is 31.6. The highest BCUT2D eigenvalue weighted by Crippen LogP contribution is 2.29. The number of rotatable bonds is 2. The van der Waals surface area contributed by atoms with Crippen LogP contribution in [0.25, 0.3) is 10.9 Å². The molecule has 2 aromatic heterocycles. The van der Waals surface area contributed by atoms with Crippen LogP contribution in [0, 0.1) is 0 Å². The van der Waals surface area contributed by atoms with Crippen molar-refractivity contribution in [1.29, 1.82) is 0 Å². The molecule has 1 aromatic carbocycles. The molecule has 2 N–H and O–H groups in total. The molecule has 150 valence electrons. The van der Waals surface area contributed by atoms with Gasteiger partial charge in [0.05, 0.1) is 13.1 Å². The largest absolute Gasteiger partial charge is 0.351 e. The van der Waals surface area contributed by atoms with Gasteiger partial charge >= 0.3 is 0 Å². The summed E-state index contributed by atoms with van der Waals surface area (Å²) >= 11 is 0. The van der Waals surface area contributed by atoms with E-state index in [4.69, 9.17) is 0 Å². The molecule has 1 fully saturated rings. The van der Waals surface area contributed by atoms with Crippen molar-refractivity contribution in [2.24, 2.45) is 0 Å². The third-order valence-corrected chi connectivity index (χ3v) is 5.64. The SMILES string of the molecule is O=C(c1cc2ccccc2[nH]1)N1CCc2[nH]nc(C(=O)N3CCC(F)(F)C3)c2C1. The Balaban J connectivity index is 1.38. The highest BCUT2D eigenvalue weighted by Gasteiger charge is 2.42. The van der Waals surface area contributed by atoms with Gasteiger partial charge in [0.1, 0.15) is 5.69 Å². The van der Waals surface area contributed by atoms with Gasteiger partial charge in [0.2, 0.25) is 0 Å². The summed E-state index contributed by atoms with van der Waals surface area (Å²) in [6.07, 6.45) is 0.189. The number of aromatic nitrogens is 3. The van der Waals surface area contributed by atoms with E-state index in [0.717, 1.165) is 21.5 Å². The van der Waals surface area contributed by atoms with E-state index in [1.54, 1.807) is 11.0 Å². The van der Waals surface area contributed by atoms with Crippen molar-refractivity contribution < 1.29 is 18.4 Å². The lowest BCUT2D eigenvalue weighted by atomic mass is 10.0. The second-order valence-electron chi connectivity index (χ2n) is 7.61. The molecular formula is C20H19F2N5O2. The van der Waals surface area contributed by atoms with Crippen LogP contribution in [0.3, 0.4) is 0 Å². The fourth-order valence-corrected chi connectivity index (χ4v) is 4.06. The van der Waals surface area contributed by atoms with Crippen molar-refractivity contribution in [3.8, 4) is 0 Å². The zero-order chi connectivity index (χ0) is 20.2. The van der Waals surface area contributed by atoms with Crippen LogP contribution in [-0.2, 0) is 13.0 Å². The first-order chi connectivity index (χ1) is 13.9. The molecule has 0 spiro atoms. The molecule has 0 radical (unpaired) electrons. The minimum Gasteiger partial charge on any atom is -0.351 e. The van der Waals surface area contributed by atoms with Gasteiger partial charge in [0.15, 0.2) is 5.69 Å². The van der Waals surface area contributed by atoms with Crippen LogP contribution in [0.15, 0.2) is 30.3 Å². The molecule has 3 aromatic rings. The average molecular weight is 399 g/mol. The molecule has 5 rings (SSSR count). The molecule has 1 saturated heterocycles. The Labute approximate surface area is 164 Å². The molecule has 0 aliphatic carbocycles. The van der Waals surface area contributed by atoms with E-state index in [0.29, 0.717) is 24.2 Å². The zero-order valence-corrected chi connectivity index (χ0v) is 15.5. The first-order valence-corrected chi connectivity index (χ1v) is 9.51. The highest BCUT2D eigenvalue weighted by atomic mass is 19.3. The number of hydrogen-bond donors (Lipinski definition) is 2. The van der Waals surface area contributed by atoms with Gasteiger partial charge in [0.25, 0.3) is 17.7 Å². The number of aromatic amines is 2. The van der Waals surface area contributed by atoms with Gasteiger partial charge in [-0.1, -0.05) is 18.2 Å². The molecule has 0 bridgehead atoms. The van der Waals surface area contributed by atoms with E-state index < -0.39 is 18.4 Å². The molecule has 0 saturated carbocycles. The van der Waals surface area contributed by atoms with E-state index in [9.17, 15) is 18.4 Å². The Morgan fingerprint density at radius 2 is 1.93 bits per heavy atom. The second kappa shape index (κ2) is 6.40. The zero-order valence-electron chi connectivity index (χ0n) is 15.5. The van der Waals surface area contributed by atoms with E-state index >= 15 is 0 Å². The number of nitrogens with one attached hydrogen (secondary N) is 2. The predicted octanol–water partition coefficient (Wildman–Crippen LogP) is 2.57. The van der Waals surface area contributed by atoms with Crippen molar-refractivity contribution in [1.82, 2.24) is 25.0 Å².